The van der Waals surface area contributed by atoms with Crippen molar-refractivity contribution < 1.29 is 17.9 Å². The predicted octanol–water partition coefficient (Wildman–Crippen LogP) is 2.72. The van der Waals surface area contributed by atoms with E-state index in [0.717, 1.165) is 5.56 Å². The first-order chi connectivity index (χ1) is 10.5. The van der Waals surface area contributed by atoms with Crippen molar-refractivity contribution in [1.29, 1.82) is 0 Å². The topological polar surface area (TPSA) is 60.4 Å². The number of benzene rings is 2. The second-order valence-corrected chi connectivity index (χ2v) is 6.63. The van der Waals surface area contributed by atoms with Crippen LogP contribution in [-0.2, 0) is 19.4 Å². The molecule has 0 aliphatic carbocycles. The maximum atomic E-state index is 12.4. The van der Waals surface area contributed by atoms with Crippen molar-refractivity contribution in [2.45, 2.75) is 4.90 Å². The fourth-order valence-corrected chi connectivity index (χ4v) is 3.31. The van der Waals surface area contributed by atoms with Gasteiger partial charge in [-0.25, -0.2) is 13.2 Å². The molecular formula is C17H16O4S. The van der Waals surface area contributed by atoms with Gasteiger partial charge < -0.3 is 4.74 Å². The van der Waals surface area contributed by atoms with Crippen LogP contribution in [0.1, 0.15) is 5.56 Å². The van der Waals surface area contributed by atoms with Crippen LogP contribution in [0.3, 0.4) is 0 Å². The zero-order chi connectivity index (χ0) is 16.0. The Bertz CT molecular complexity index is 763. The Morgan fingerprint density at radius 3 is 2.09 bits per heavy atom. The average Bonchev–Trinajstić information content (AvgIpc) is 2.55. The van der Waals surface area contributed by atoms with Crippen LogP contribution in [0.4, 0.5) is 0 Å². The lowest BCUT2D eigenvalue weighted by Crippen LogP contribution is -2.16. The average molecular weight is 316 g/mol. The van der Waals surface area contributed by atoms with E-state index in [1.807, 2.05) is 18.2 Å². The summed E-state index contributed by atoms with van der Waals surface area (Å²) in [6.07, 6.45) is 1.53. The summed E-state index contributed by atoms with van der Waals surface area (Å²) < 4.78 is 29.5. The van der Waals surface area contributed by atoms with Crippen LogP contribution < -0.4 is 0 Å². The summed E-state index contributed by atoms with van der Waals surface area (Å²) in [5.41, 5.74) is 0.837. The number of rotatable bonds is 5. The lowest BCUT2D eigenvalue weighted by atomic mass is 10.1. The molecule has 2 rings (SSSR count). The Morgan fingerprint density at radius 2 is 1.55 bits per heavy atom. The molecule has 0 saturated heterocycles. The van der Waals surface area contributed by atoms with Crippen LogP contribution in [0.15, 0.2) is 71.1 Å². The van der Waals surface area contributed by atoms with Crippen LogP contribution in [0.25, 0.3) is 6.08 Å². The summed E-state index contributed by atoms with van der Waals surface area (Å²) in [4.78, 5) is 12.0. The minimum absolute atomic E-state index is 0.0950. The van der Waals surface area contributed by atoms with Crippen molar-refractivity contribution in [3.63, 3.8) is 0 Å². The van der Waals surface area contributed by atoms with Gasteiger partial charge in [0.2, 0.25) is 0 Å². The lowest BCUT2D eigenvalue weighted by molar-refractivity contribution is -0.135. The van der Waals surface area contributed by atoms with Gasteiger partial charge in [0.25, 0.3) is 0 Å². The van der Waals surface area contributed by atoms with Crippen LogP contribution in [0.2, 0.25) is 0 Å². The Balaban J connectivity index is 2.36. The zero-order valence-corrected chi connectivity index (χ0v) is 12.9. The smallest absolute Gasteiger partial charge is 0.334 e. The molecule has 0 aromatic heterocycles. The number of esters is 1. The van der Waals surface area contributed by atoms with Crippen molar-refractivity contribution in [3.8, 4) is 0 Å². The quantitative estimate of drug-likeness (QED) is 0.628. The number of sulfone groups is 1. The third-order valence-electron chi connectivity index (χ3n) is 3.04. The molecule has 2 aromatic rings. The molecule has 0 bridgehead atoms. The summed E-state index contributed by atoms with van der Waals surface area (Å²) in [5, 5.41) is 0. The molecule has 0 radical (unpaired) electrons. The molecule has 5 heteroatoms. The predicted molar refractivity (Wildman–Crippen MR) is 84.9 cm³/mol. The largest absolute Gasteiger partial charge is 0.466 e. The van der Waals surface area contributed by atoms with Gasteiger partial charge in [-0.05, 0) is 23.8 Å². The number of carbonyl (C=O) groups is 1. The molecule has 0 fully saturated rings. The van der Waals surface area contributed by atoms with Gasteiger partial charge in [-0.1, -0.05) is 48.5 Å². The highest BCUT2D eigenvalue weighted by Crippen LogP contribution is 2.16. The van der Waals surface area contributed by atoms with Gasteiger partial charge in [0.15, 0.2) is 9.84 Å². The maximum absolute atomic E-state index is 12.4. The second-order valence-electron chi connectivity index (χ2n) is 4.64. The third kappa shape index (κ3) is 4.05. The van der Waals surface area contributed by atoms with Gasteiger partial charge >= 0.3 is 5.97 Å². The lowest BCUT2D eigenvalue weighted by Gasteiger charge is -2.07. The molecule has 0 heterocycles. The number of carbonyl (C=O) groups excluding carboxylic acids is 1. The normalized spacial score (nSPS) is 12.0. The molecule has 0 aliphatic heterocycles. The van der Waals surface area contributed by atoms with Crippen molar-refractivity contribution in [2.24, 2.45) is 0 Å². The van der Waals surface area contributed by atoms with E-state index in [1.165, 1.54) is 25.3 Å². The van der Waals surface area contributed by atoms with Crippen LogP contribution in [-0.4, -0.2) is 27.2 Å². The van der Waals surface area contributed by atoms with E-state index in [2.05, 4.69) is 0 Å². The molecule has 22 heavy (non-hydrogen) atoms. The van der Waals surface area contributed by atoms with Crippen molar-refractivity contribution in [2.75, 3.05) is 12.9 Å². The molecule has 0 spiro atoms. The minimum atomic E-state index is -3.60. The number of ether oxygens (including phenoxy) is 1. The highest BCUT2D eigenvalue weighted by Gasteiger charge is 2.21. The zero-order valence-electron chi connectivity index (χ0n) is 12.1. The fourth-order valence-electron chi connectivity index (χ4n) is 1.96. The van der Waals surface area contributed by atoms with Crippen LogP contribution in [0, 0.1) is 0 Å². The first kappa shape index (κ1) is 16.0. The number of hydrogen-bond donors (Lipinski definition) is 0. The van der Waals surface area contributed by atoms with Gasteiger partial charge in [0.05, 0.1) is 23.3 Å². The molecule has 0 aliphatic rings. The standard InChI is InChI=1S/C17H16O4S/c1-21-17(18)15(12-14-8-4-2-5-9-14)13-22(19,20)16-10-6-3-7-11-16/h2-12H,13H2,1H3/b15-12-. The summed E-state index contributed by atoms with van der Waals surface area (Å²) in [5.74, 6) is -1.05. The van der Waals surface area contributed by atoms with Gasteiger partial charge in [-0.2, -0.15) is 0 Å². The second kappa shape index (κ2) is 7.04. The molecule has 0 atom stereocenters. The van der Waals surface area contributed by atoms with E-state index >= 15 is 0 Å². The maximum Gasteiger partial charge on any atom is 0.334 e. The van der Waals surface area contributed by atoms with Gasteiger partial charge in [0, 0.05) is 0 Å². The van der Waals surface area contributed by atoms with Gasteiger partial charge in [-0.15, -0.1) is 0 Å². The van der Waals surface area contributed by atoms with Crippen molar-refractivity contribution in [1.82, 2.24) is 0 Å². The molecule has 0 N–H and O–H groups in total. The van der Waals surface area contributed by atoms with Gasteiger partial charge in [0.1, 0.15) is 0 Å². The first-order valence-corrected chi connectivity index (χ1v) is 8.30. The molecule has 4 nitrogen and oxygen atoms in total. The van der Waals surface area contributed by atoms with E-state index in [0.29, 0.717) is 0 Å². The van der Waals surface area contributed by atoms with Crippen molar-refractivity contribution in [3.05, 3.63) is 71.8 Å². The molecule has 0 unspecified atom stereocenters. The highest BCUT2D eigenvalue weighted by molar-refractivity contribution is 7.91. The number of hydrogen-bond acceptors (Lipinski definition) is 4. The molecule has 0 amide bonds. The summed E-state index contributed by atoms with van der Waals surface area (Å²) in [7, 11) is -2.37. The van der Waals surface area contributed by atoms with E-state index in [1.54, 1.807) is 30.3 Å². The molecular weight excluding hydrogens is 300 g/mol. The SMILES string of the molecule is COC(=O)/C(=C\c1ccccc1)CS(=O)(=O)c1ccccc1. The van der Waals surface area contributed by atoms with E-state index in [-0.39, 0.29) is 10.5 Å². The Labute approximate surface area is 130 Å². The van der Waals surface area contributed by atoms with Crippen molar-refractivity contribution >= 4 is 21.9 Å². The number of methoxy groups -OCH3 is 1. The minimum Gasteiger partial charge on any atom is -0.466 e. The van der Waals surface area contributed by atoms with Crippen LogP contribution in [0.5, 0.6) is 0 Å². The Morgan fingerprint density at radius 1 is 1.00 bits per heavy atom. The fraction of sp³-hybridized carbons (Fsp3) is 0.118. The first-order valence-electron chi connectivity index (χ1n) is 6.64. The monoisotopic (exact) mass is 316 g/mol. The third-order valence-corrected chi connectivity index (χ3v) is 4.72. The molecule has 114 valence electrons. The Kier molecular flexibility index (Phi) is 5.12. The van der Waals surface area contributed by atoms with Gasteiger partial charge in [-0.3, -0.25) is 0 Å². The van der Waals surface area contributed by atoms with E-state index in [9.17, 15) is 13.2 Å². The molecule has 2 aromatic carbocycles. The summed E-state index contributed by atoms with van der Waals surface area (Å²) in [6.45, 7) is 0. The highest BCUT2D eigenvalue weighted by atomic mass is 32.2. The van der Waals surface area contributed by atoms with E-state index < -0.39 is 21.6 Å². The molecule has 0 saturated carbocycles. The summed E-state index contributed by atoms with van der Waals surface area (Å²) >= 11 is 0. The Hall–Kier alpha value is -2.40. The van der Waals surface area contributed by atoms with E-state index in [4.69, 9.17) is 4.74 Å². The van der Waals surface area contributed by atoms with Crippen LogP contribution >= 0.6 is 0 Å². The summed E-state index contributed by atoms with van der Waals surface area (Å²) in [6, 6.07) is 17.1.